The molecule has 0 spiro atoms. The van der Waals surface area contributed by atoms with Crippen molar-refractivity contribution >= 4 is 5.97 Å². The third-order valence-electron chi connectivity index (χ3n) is 1.62. The van der Waals surface area contributed by atoms with Crippen LogP contribution in [0.5, 0.6) is 0 Å². The van der Waals surface area contributed by atoms with E-state index >= 15 is 0 Å². The maximum absolute atomic E-state index is 11.1. The minimum absolute atomic E-state index is 0.0317. The Bertz CT molecular complexity index is 189. The molecule has 0 aromatic rings. The number of nitrogens with one attached hydrogen (secondary N) is 1. The van der Waals surface area contributed by atoms with Crippen molar-refractivity contribution < 1.29 is 9.53 Å². The van der Waals surface area contributed by atoms with Gasteiger partial charge in [-0.2, -0.15) is 0 Å². The van der Waals surface area contributed by atoms with Gasteiger partial charge in [0.25, 0.3) is 0 Å². The second-order valence-electron chi connectivity index (χ2n) is 3.19. The lowest BCUT2D eigenvalue weighted by atomic mass is 10.3. The van der Waals surface area contributed by atoms with E-state index in [4.69, 9.17) is 4.74 Å². The third-order valence-corrected chi connectivity index (χ3v) is 1.62. The normalized spacial score (nSPS) is 19.8. The Balaban J connectivity index is 2.38. The zero-order chi connectivity index (χ0) is 8.97. The van der Waals surface area contributed by atoms with E-state index in [1.807, 2.05) is 13.8 Å². The summed E-state index contributed by atoms with van der Waals surface area (Å²) >= 11 is 0. The zero-order valence-electron chi connectivity index (χ0n) is 7.59. The molecule has 0 unspecified atom stereocenters. The number of hydrogen-bond donors (Lipinski definition) is 1. The van der Waals surface area contributed by atoms with Gasteiger partial charge in [-0.3, -0.25) is 0 Å². The minimum Gasteiger partial charge on any atom is -0.460 e. The fourth-order valence-corrected chi connectivity index (χ4v) is 1.15. The highest BCUT2D eigenvalue weighted by Crippen LogP contribution is 2.08. The molecular formula is C9H15NO2. The van der Waals surface area contributed by atoms with Gasteiger partial charge in [-0.1, -0.05) is 0 Å². The largest absolute Gasteiger partial charge is 0.460 e. The van der Waals surface area contributed by atoms with Gasteiger partial charge in [0, 0.05) is 18.3 Å². The molecule has 0 bridgehead atoms. The number of hydrogen-bond acceptors (Lipinski definition) is 3. The van der Waals surface area contributed by atoms with Crippen molar-refractivity contribution in [1.82, 2.24) is 5.32 Å². The average Bonchev–Trinajstić information content (AvgIpc) is 2.37. The highest BCUT2D eigenvalue weighted by molar-refractivity contribution is 5.82. The molecule has 0 radical (unpaired) electrons. The molecular weight excluding hydrogens is 154 g/mol. The Morgan fingerprint density at radius 1 is 1.67 bits per heavy atom. The Morgan fingerprint density at radius 2 is 2.42 bits per heavy atom. The molecule has 0 aliphatic carbocycles. The van der Waals surface area contributed by atoms with Gasteiger partial charge in [0.15, 0.2) is 0 Å². The summed E-state index contributed by atoms with van der Waals surface area (Å²) in [6.07, 6.45) is 3.59. The van der Waals surface area contributed by atoms with E-state index in [2.05, 4.69) is 5.32 Å². The van der Waals surface area contributed by atoms with Crippen molar-refractivity contribution in [3.05, 3.63) is 11.8 Å². The number of esters is 1. The lowest BCUT2D eigenvalue weighted by Crippen LogP contribution is -2.12. The van der Waals surface area contributed by atoms with Crippen LogP contribution in [0.4, 0.5) is 0 Å². The molecule has 0 atom stereocenters. The summed E-state index contributed by atoms with van der Waals surface area (Å²) in [5.41, 5.74) is 1.00. The highest BCUT2D eigenvalue weighted by atomic mass is 16.5. The lowest BCUT2D eigenvalue weighted by molar-refractivity contribution is -0.141. The summed E-state index contributed by atoms with van der Waals surface area (Å²) in [6, 6.07) is 0. The Hall–Kier alpha value is -0.990. The molecule has 3 nitrogen and oxygen atoms in total. The van der Waals surface area contributed by atoms with E-state index < -0.39 is 0 Å². The monoisotopic (exact) mass is 169 g/mol. The van der Waals surface area contributed by atoms with Gasteiger partial charge in [0.2, 0.25) is 0 Å². The number of rotatable bonds is 2. The van der Waals surface area contributed by atoms with Crippen LogP contribution in [0, 0.1) is 0 Å². The molecule has 3 heteroatoms. The number of ether oxygens (including phenoxy) is 1. The summed E-state index contributed by atoms with van der Waals surface area (Å²) in [6.45, 7) is 4.66. The van der Waals surface area contributed by atoms with Crippen LogP contribution in [-0.4, -0.2) is 18.6 Å². The van der Waals surface area contributed by atoms with Crippen LogP contribution in [0.2, 0.25) is 0 Å². The van der Waals surface area contributed by atoms with Crippen molar-refractivity contribution in [3.63, 3.8) is 0 Å². The second-order valence-corrected chi connectivity index (χ2v) is 3.19. The minimum atomic E-state index is -0.241. The van der Waals surface area contributed by atoms with Crippen LogP contribution >= 0.6 is 0 Å². The predicted octanol–water partition coefficient (Wildman–Crippen LogP) is 1.21. The van der Waals surface area contributed by atoms with E-state index in [0.29, 0.717) is 0 Å². The molecule has 0 aromatic heterocycles. The molecule has 1 heterocycles. The van der Waals surface area contributed by atoms with Crippen LogP contribution in [0.15, 0.2) is 11.8 Å². The van der Waals surface area contributed by atoms with Gasteiger partial charge in [0.1, 0.15) is 0 Å². The maximum Gasteiger partial charge on any atom is 0.332 e. The van der Waals surface area contributed by atoms with Gasteiger partial charge in [0.05, 0.1) is 6.10 Å². The molecule has 1 aliphatic rings. The first-order chi connectivity index (χ1) is 5.68. The zero-order valence-corrected chi connectivity index (χ0v) is 7.59. The van der Waals surface area contributed by atoms with Gasteiger partial charge < -0.3 is 10.1 Å². The molecule has 0 amide bonds. The topological polar surface area (TPSA) is 38.3 Å². The highest BCUT2D eigenvalue weighted by Gasteiger charge is 2.08. The van der Waals surface area contributed by atoms with E-state index in [1.54, 1.807) is 6.08 Å². The Morgan fingerprint density at radius 3 is 2.92 bits per heavy atom. The summed E-state index contributed by atoms with van der Waals surface area (Å²) in [7, 11) is 0. The van der Waals surface area contributed by atoms with E-state index in [9.17, 15) is 4.79 Å². The summed E-state index contributed by atoms with van der Waals surface area (Å²) in [5, 5.41) is 3.12. The van der Waals surface area contributed by atoms with Gasteiger partial charge in [-0.25, -0.2) is 4.79 Å². The molecule has 1 rings (SSSR count). The Labute approximate surface area is 72.8 Å². The maximum atomic E-state index is 11.1. The van der Waals surface area contributed by atoms with E-state index in [1.165, 1.54) is 0 Å². The van der Waals surface area contributed by atoms with Crippen LogP contribution in [0.1, 0.15) is 26.7 Å². The summed E-state index contributed by atoms with van der Waals surface area (Å²) < 4.78 is 4.96. The van der Waals surface area contributed by atoms with E-state index in [0.717, 1.165) is 25.1 Å². The van der Waals surface area contributed by atoms with Crippen molar-refractivity contribution in [2.75, 3.05) is 6.54 Å². The fourth-order valence-electron chi connectivity index (χ4n) is 1.15. The first-order valence-corrected chi connectivity index (χ1v) is 4.33. The molecule has 1 fully saturated rings. The number of carbonyl (C=O) groups is 1. The molecule has 68 valence electrons. The average molecular weight is 169 g/mol. The molecule has 1 saturated heterocycles. The summed E-state index contributed by atoms with van der Waals surface area (Å²) in [5.74, 6) is -0.241. The van der Waals surface area contributed by atoms with Crippen LogP contribution in [0.25, 0.3) is 0 Å². The van der Waals surface area contributed by atoms with E-state index in [-0.39, 0.29) is 12.1 Å². The predicted molar refractivity (Wildman–Crippen MR) is 46.5 cm³/mol. The van der Waals surface area contributed by atoms with Gasteiger partial charge >= 0.3 is 5.97 Å². The lowest BCUT2D eigenvalue weighted by Gasteiger charge is -2.05. The first-order valence-electron chi connectivity index (χ1n) is 4.33. The molecule has 1 aliphatic heterocycles. The fraction of sp³-hybridized carbons (Fsp3) is 0.667. The smallest absolute Gasteiger partial charge is 0.332 e. The first kappa shape index (κ1) is 9.10. The standard InChI is InChI=1S/C9H15NO2/c1-7(2)12-9(11)6-8-4-3-5-10-8/h6-7,10H,3-5H2,1-2H3/b8-6+. The third kappa shape index (κ3) is 2.95. The molecule has 0 saturated carbocycles. The Kier molecular flexibility index (Phi) is 3.14. The van der Waals surface area contributed by atoms with Crippen LogP contribution in [0.3, 0.4) is 0 Å². The number of allylic oxidation sites excluding steroid dienone is 1. The van der Waals surface area contributed by atoms with Gasteiger partial charge in [-0.15, -0.1) is 0 Å². The van der Waals surface area contributed by atoms with Crippen molar-refractivity contribution in [1.29, 1.82) is 0 Å². The quantitative estimate of drug-likeness (QED) is 0.498. The molecule has 12 heavy (non-hydrogen) atoms. The number of carbonyl (C=O) groups excluding carboxylic acids is 1. The van der Waals surface area contributed by atoms with Gasteiger partial charge in [-0.05, 0) is 26.7 Å². The second kappa shape index (κ2) is 4.14. The summed E-state index contributed by atoms with van der Waals surface area (Å²) in [4.78, 5) is 11.1. The van der Waals surface area contributed by atoms with Crippen molar-refractivity contribution in [3.8, 4) is 0 Å². The van der Waals surface area contributed by atoms with Crippen LogP contribution < -0.4 is 5.32 Å². The van der Waals surface area contributed by atoms with Crippen molar-refractivity contribution in [2.45, 2.75) is 32.8 Å². The SMILES string of the molecule is CC(C)OC(=O)/C=C1\CCCN1. The van der Waals surface area contributed by atoms with Crippen molar-refractivity contribution in [2.24, 2.45) is 0 Å². The van der Waals surface area contributed by atoms with Crippen LogP contribution in [-0.2, 0) is 9.53 Å². The molecule has 1 N–H and O–H groups in total. The molecule has 0 aromatic carbocycles.